The summed E-state index contributed by atoms with van der Waals surface area (Å²) in [5, 5.41) is 12.4. The van der Waals surface area contributed by atoms with E-state index in [1.165, 1.54) is 12.7 Å². The molecular formula is C22H33N3O4. The Kier molecular flexibility index (Phi) is 6.36. The Morgan fingerprint density at radius 3 is 2.38 bits per heavy atom. The summed E-state index contributed by atoms with van der Waals surface area (Å²) in [6.07, 6.45) is 1.85. The van der Waals surface area contributed by atoms with Gasteiger partial charge in [-0.1, -0.05) is 26.0 Å². The topological polar surface area (TPSA) is 82.1 Å². The Bertz CT molecular complexity index is 726. The molecule has 1 spiro atoms. The minimum Gasteiger partial charge on any atom is -0.508 e. The number of nitrogens with zero attached hydrogens (tertiary/aromatic N) is 2. The molecule has 160 valence electrons. The number of phenolic OH excluding ortho intramolecular Hbond substituents is 1. The molecule has 2 heterocycles. The predicted octanol–water partition coefficient (Wildman–Crippen LogP) is 2.76. The van der Waals surface area contributed by atoms with Crippen molar-refractivity contribution in [2.24, 2.45) is 11.3 Å². The molecule has 2 amide bonds. The number of carbonyl (C=O) groups is 2. The van der Waals surface area contributed by atoms with Gasteiger partial charge in [0, 0.05) is 37.6 Å². The lowest BCUT2D eigenvalue weighted by Crippen LogP contribution is -2.63. The summed E-state index contributed by atoms with van der Waals surface area (Å²) < 4.78 is 4.68. The standard InChI is InChI=1S/C22H33N3O4/c1-15(2)13-25-14-22(19(25)17-5-7-18(26)8-6-17)9-11-24(12-10-22)21(28)23-16(3)20(27)29-4/h5-8,15-16,19,26H,9-14H2,1-4H3,(H,23,28). The van der Waals surface area contributed by atoms with Crippen LogP contribution in [0.3, 0.4) is 0 Å². The number of nitrogens with one attached hydrogen (secondary N) is 1. The second kappa shape index (κ2) is 8.61. The molecule has 2 aliphatic heterocycles. The monoisotopic (exact) mass is 403 g/mol. The minimum atomic E-state index is -0.654. The summed E-state index contributed by atoms with van der Waals surface area (Å²) >= 11 is 0. The third-order valence-electron chi connectivity index (χ3n) is 6.21. The van der Waals surface area contributed by atoms with Crippen molar-refractivity contribution in [1.29, 1.82) is 0 Å². The SMILES string of the molecule is COC(=O)C(C)NC(=O)N1CCC2(CC1)CN(CC(C)C)C2c1ccc(O)cc1. The molecule has 2 unspecified atom stereocenters. The molecule has 29 heavy (non-hydrogen) atoms. The Labute approximate surface area is 173 Å². The van der Waals surface area contributed by atoms with E-state index in [2.05, 4.69) is 28.8 Å². The quantitative estimate of drug-likeness (QED) is 0.739. The number of hydrogen-bond donors (Lipinski definition) is 2. The van der Waals surface area contributed by atoms with Crippen LogP contribution in [0.25, 0.3) is 0 Å². The van der Waals surface area contributed by atoms with E-state index in [0.29, 0.717) is 25.0 Å². The molecule has 0 radical (unpaired) electrons. The van der Waals surface area contributed by atoms with E-state index in [1.807, 2.05) is 12.1 Å². The lowest BCUT2D eigenvalue weighted by molar-refractivity contribution is -0.142. The van der Waals surface area contributed by atoms with Gasteiger partial charge in [0.15, 0.2) is 0 Å². The summed E-state index contributed by atoms with van der Waals surface area (Å²) in [5.41, 5.74) is 1.38. The van der Waals surface area contributed by atoms with Crippen molar-refractivity contribution in [3.63, 3.8) is 0 Å². The van der Waals surface area contributed by atoms with Gasteiger partial charge in [-0.2, -0.15) is 0 Å². The maximum atomic E-state index is 12.5. The van der Waals surface area contributed by atoms with Gasteiger partial charge in [-0.05, 0) is 43.4 Å². The number of likely N-dealkylation sites (tertiary alicyclic amines) is 2. The molecule has 7 heteroatoms. The van der Waals surface area contributed by atoms with Crippen molar-refractivity contribution >= 4 is 12.0 Å². The number of piperidine rings is 1. The molecule has 0 aliphatic carbocycles. The molecule has 0 saturated carbocycles. The van der Waals surface area contributed by atoms with Crippen LogP contribution < -0.4 is 5.32 Å². The molecule has 0 bridgehead atoms. The van der Waals surface area contributed by atoms with Crippen LogP contribution in [0.4, 0.5) is 4.79 Å². The number of rotatable bonds is 5. The average molecular weight is 404 g/mol. The number of esters is 1. The fraction of sp³-hybridized carbons (Fsp3) is 0.636. The summed E-state index contributed by atoms with van der Waals surface area (Å²) in [5.74, 6) is 0.420. The maximum absolute atomic E-state index is 12.5. The van der Waals surface area contributed by atoms with Crippen LogP contribution in [-0.4, -0.2) is 66.2 Å². The van der Waals surface area contributed by atoms with Crippen LogP contribution in [0.15, 0.2) is 24.3 Å². The first kappa shape index (κ1) is 21.4. The van der Waals surface area contributed by atoms with Gasteiger partial charge < -0.3 is 20.1 Å². The van der Waals surface area contributed by atoms with Crippen LogP contribution in [0, 0.1) is 11.3 Å². The Morgan fingerprint density at radius 1 is 1.21 bits per heavy atom. The molecule has 1 aromatic carbocycles. The highest BCUT2D eigenvalue weighted by molar-refractivity contribution is 5.83. The number of phenols is 1. The number of carbonyl (C=O) groups excluding carboxylic acids is 2. The molecule has 2 fully saturated rings. The maximum Gasteiger partial charge on any atom is 0.328 e. The van der Waals surface area contributed by atoms with Gasteiger partial charge in [0.05, 0.1) is 7.11 Å². The molecular weight excluding hydrogens is 370 g/mol. The van der Waals surface area contributed by atoms with Crippen LogP contribution in [0.2, 0.25) is 0 Å². The van der Waals surface area contributed by atoms with Crippen molar-refractivity contribution in [1.82, 2.24) is 15.1 Å². The first-order valence-corrected chi connectivity index (χ1v) is 10.4. The van der Waals surface area contributed by atoms with Gasteiger partial charge in [0.2, 0.25) is 0 Å². The molecule has 2 N–H and O–H groups in total. The second-order valence-electron chi connectivity index (χ2n) is 8.86. The smallest absolute Gasteiger partial charge is 0.328 e. The number of aromatic hydroxyl groups is 1. The molecule has 0 aromatic heterocycles. The Balaban J connectivity index is 1.67. The van der Waals surface area contributed by atoms with Crippen molar-refractivity contribution in [2.45, 2.75) is 45.7 Å². The van der Waals surface area contributed by atoms with E-state index in [1.54, 1.807) is 24.0 Å². The van der Waals surface area contributed by atoms with Gasteiger partial charge in [-0.15, -0.1) is 0 Å². The fourth-order valence-corrected chi connectivity index (χ4v) is 4.82. The highest BCUT2D eigenvalue weighted by atomic mass is 16.5. The third-order valence-corrected chi connectivity index (χ3v) is 6.21. The lowest BCUT2D eigenvalue weighted by Gasteiger charge is -2.61. The molecule has 2 saturated heterocycles. The van der Waals surface area contributed by atoms with E-state index in [-0.39, 0.29) is 17.2 Å². The molecule has 3 rings (SSSR count). The third kappa shape index (κ3) is 4.50. The zero-order chi connectivity index (χ0) is 21.2. The van der Waals surface area contributed by atoms with Crippen LogP contribution in [0.1, 0.15) is 45.2 Å². The van der Waals surface area contributed by atoms with E-state index in [4.69, 9.17) is 0 Å². The van der Waals surface area contributed by atoms with Gasteiger partial charge in [-0.3, -0.25) is 4.90 Å². The summed E-state index contributed by atoms with van der Waals surface area (Å²) in [6, 6.07) is 6.99. The molecule has 2 aliphatic rings. The molecule has 7 nitrogen and oxygen atoms in total. The first-order chi connectivity index (χ1) is 13.8. The van der Waals surface area contributed by atoms with Crippen LogP contribution >= 0.6 is 0 Å². The largest absolute Gasteiger partial charge is 0.508 e. The summed E-state index contributed by atoms with van der Waals surface area (Å²) in [6.45, 7) is 9.50. The number of ether oxygens (including phenoxy) is 1. The normalized spacial score (nSPS) is 22.2. The predicted molar refractivity (Wildman–Crippen MR) is 111 cm³/mol. The number of methoxy groups -OCH3 is 1. The van der Waals surface area contributed by atoms with Crippen LogP contribution in [-0.2, 0) is 9.53 Å². The van der Waals surface area contributed by atoms with Crippen molar-refractivity contribution in [3.05, 3.63) is 29.8 Å². The van der Waals surface area contributed by atoms with E-state index < -0.39 is 12.0 Å². The zero-order valence-corrected chi connectivity index (χ0v) is 17.9. The van der Waals surface area contributed by atoms with Gasteiger partial charge >= 0.3 is 12.0 Å². The number of amides is 2. The number of hydrogen-bond acceptors (Lipinski definition) is 5. The number of urea groups is 1. The zero-order valence-electron chi connectivity index (χ0n) is 17.9. The lowest BCUT2D eigenvalue weighted by atomic mass is 9.63. The van der Waals surface area contributed by atoms with E-state index >= 15 is 0 Å². The minimum absolute atomic E-state index is 0.149. The highest BCUT2D eigenvalue weighted by Crippen LogP contribution is 2.55. The van der Waals surface area contributed by atoms with Gasteiger partial charge in [0.1, 0.15) is 11.8 Å². The first-order valence-electron chi connectivity index (χ1n) is 10.4. The Morgan fingerprint density at radius 2 is 1.83 bits per heavy atom. The average Bonchev–Trinajstić information content (AvgIpc) is 2.68. The summed E-state index contributed by atoms with van der Waals surface area (Å²) in [4.78, 5) is 28.4. The van der Waals surface area contributed by atoms with E-state index in [0.717, 1.165) is 25.9 Å². The van der Waals surface area contributed by atoms with Crippen molar-refractivity contribution in [3.8, 4) is 5.75 Å². The van der Waals surface area contributed by atoms with Crippen LogP contribution in [0.5, 0.6) is 5.75 Å². The molecule has 1 aromatic rings. The molecule has 2 atom stereocenters. The summed E-state index contributed by atoms with van der Waals surface area (Å²) in [7, 11) is 1.32. The Hall–Kier alpha value is -2.28. The van der Waals surface area contributed by atoms with Crippen molar-refractivity contribution in [2.75, 3.05) is 33.3 Å². The second-order valence-corrected chi connectivity index (χ2v) is 8.86. The highest BCUT2D eigenvalue weighted by Gasteiger charge is 2.54. The van der Waals surface area contributed by atoms with Crippen molar-refractivity contribution < 1.29 is 19.4 Å². The van der Waals surface area contributed by atoms with E-state index in [9.17, 15) is 14.7 Å². The van der Waals surface area contributed by atoms with Gasteiger partial charge in [-0.25, -0.2) is 9.59 Å². The van der Waals surface area contributed by atoms with Gasteiger partial charge in [0.25, 0.3) is 0 Å². The number of benzene rings is 1. The fourth-order valence-electron chi connectivity index (χ4n) is 4.82.